The maximum atomic E-state index is 5.05. The SMILES string of the molecule is c1ccc(-c2c3c(c(-c4ccccc4)c4ccccc24)-c2ccc(-c4ccc(-c5ccc(-c6ccc(-c7ccc8ccc9cccnc9c8n7)cc6)cc5)cc4)c4cccc-3c24)cc1. The van der Waals surface area contributed by atoms with Crippen molar-refractivity contribution in [1.82, 2.24) is 9.97 Å². The van der Waals surface area contributed by atoms with Gasteiger partial charge in [-0.25, -0.2) is 4.98 Å². The van der Waals surface area contributed by atoms with E-state index < -0.39 is 0 Å². The fraction of sp³-hybridized carbons (Fsp3) is 0. The topological polar surface area (TPSA) is 25.8 Å². The first-order valence-corrected chi connectivity index (χ1v) is 22.0. The molecule has 0 aliphatic heterocycles. The summed E-state index contributed by atoms with van der Waals surface area (Å²) in [6, 6.07) is 81.7. The standard InChI is InChI=1S/C62H38N2/c1-3-11-45(12-4-1)56-51-16-7-8-17-52(51)57(46-13-5-2-6-14-46)60-54-36-35-49(50-18-9-19-53(58(50)54)59(56)60)43-28-24-41(25-29-43)39-20-22-40(23-21-39)42-26-30-44(31-27-42)55-37-34-48-33-32-47-15-10-38-63-61(47)62(48)64-55/h1-38H. The molecule has 12 aromatic rings. The van der Waals surface area contributed by atoms with Gasteiger partial charge in [-0.15, -0.1) is 0 Å². The van der Waals surface area contributed by atoms with Gasteiger partial charge >= 0.3 is 0 Å². The summed E-state index contributed by atoms with van der Waals surface area (Å²) in [6.07, 6.45) is 1.84. The Labute approximate surface area is 371 Å². The lowest BCUT2D eigenvalue weighted by Crippen LogP contribution is -1.93. The van der Waals surface area contributed by atoms with Crippen LogP contribution in [0.4, 0.5) is 0 Å². The van der Waals surface area contributed by atoms with E-state index in [4.69, 9.17) is 4.98 Å². The van der Waals surface area contributed by atoms with Gasteiger partial charge in [0.05, 0.1) is 16.7 Å². The van der Waals surface area contributed by atoms with Crippen LogP contribution in [-0.2, 0) is 0 Å². The third-order valence-electron chi connectivity index (χ3n) is 13.3. The highest BCUT2D eigenvalue weighted by Crippen LogP contribution is 2.58. The van der Waals surface area contributed by atoms with Gasteiger partial charge in [0.25, 0.3) is 0 Å². The van der Waals surface area contributed by atoms with Crippen LogP contribution in [0, 0.1) is 0 Å². The molecule has 10 aromatic carbocycles. The Hall–Kier alpha value is -8.46. The molecule has 0 saturated carbocycles. The van der Waals surface area contributed by atoms with Crippen LogP contribution in [0.15, 0.2) is 231 Å². The molecule has 0 radical (unpaired) electrons. The Morgan fingerprint density at radius 2 is 0.719 bits per heavy atom. The zero-order valence-corrected chi connectivity index (χ0v) is 34.8. The number of benzene rings is 10. The fourth-order valence-corrected chi connectivity index (χ4v) is 10.3. The number of pyridine rings is 2. The highest BCUT2D eigenvalue weighted by Gasteiger charge is 2.31. The summed E-state index contributed by atoms with van der Waals surface area (Å²) in [6.45, 7) is 0. The van der Waals surface area contributed by atoms with Crippen LogP contribution in [0.25, 0.3) is 132 Å². The van der Waals surface area contributed by atoms with E-state index in [1.807, 2.05) is 12.3 Å². The normalized spacial score (nSPS) is 11.8. The van der Waals surface area contributed by atoms with Crippen LogP contribution in [0.5, 0.6) is 0 Å². The summed E-state index contributed by atoms with van der Waals surface area (Å²) in [7, 11) is 0. The van der Waals surface area contributed by atoms with E-state index >= 15 is 0 Å². The molecule has 0 spiro atoms. The molecule has 2 heterocycles. The Kier molecular flexibility index (Phi) is 8.25. The van der Waals surface area contributed by atoms with Crippen molar-refractivity contribution in [1.29, 1.82) is 0 Å². The molecule has 0 fully saturated rings. The highest BCUT2D eigenvalue weighted by atomic mass is 14.7. The predicted molar refractivity (Wildman–Crippen MR) is 269 cm³/mol. The van der Waals surface area contributed by atoms with E-state index in [2.05, 4.69) is 223 Å². The van der Waals surface area contributed by atoms with Crippen molar-refractivity contribution in [2.75, 3.05) is 0 Å². The molecule has 0 bridgehead atoms. The average Bonchev–Trinajstić information content (AvgIpc) is 3.70. The number of aromatic nitrogens is 2. The summed E-state index contributed by atoms with van der Waals surface area (Å²) in [5, 5.41) is 7.35. The van der Waals surface area contributed by atoms with Gasteiger partial charge in [0, 0.05) is 22.5 Å². The molecule has 0 amide bonds. The van der Waals surface area contributed by atoms with E-state index in [9.17, 15) is 0 Å². The molecule has 2 aromatic heterocycles. The zero-order chi connectivity index (χ0) is 42.1. The molecule has 13 rings (SSSR count). The molecule has 296 valence electrons. The van der Waals surface area contributed by atoms with Crippen LogP contribution in [0.1, 0.15) is 0 Å². The molecule has 64 heavy (non-hydrogen) atoms. The Morgan fingerprint density at radius 1 is 0.250 bits per heavy atom. The first-order chi connectivity index (χ1) is 31.7. The van der Waals surface area contributed by atoms with Crippen LogP contribution >= 0.6 is 0 Å². The van der Waals surface area contributed by atoms with E-state index in [0.29, 0.717) is 0 Å². The van der Waals surface area contributed by atoms with Crippen molar-refractivity contribution >= 4 is 43.4 Å². The van der Waals surface area contributed by atoms with Crippen LogP contribution in [-0.4, -0.2) is 9.97 Å². The van der Waals surface area contributed by atoms with Crippen molar-refractivity contribution < 1.29 is 0 Å². The highest BCUT2D eigenvalue weighted by molar-refractivity contribution is 6.28. The molecule has 1 aliphatic rings. The van der Waals surface area contributed by atoms with Crippen LogP contribution < -0.4 is 0 Å². The summed E-state index contributed by atoms with van der Waals surface area (Å²) < 4.78 is 0. The van der Waals surface area contributed by atoms with Gasteiger partial charge in [-0.05, 0) is 112 Å². The van der Waals surface area contributed by atoms with Gasteiger partial charge in [-0.1, -0.05) is 212 Å². The van der Waals surface area contributed by atoms with Gasteiger partial charge in [-0.3, -0.25) is 4.98 Å². The molecule has 2 nitrogen and oxygen atoms in total. The van der Waals surface area contributed by atoms with Gasteiger partial charge in [0.2, 0.25) is 0 Å². The summed E-state index contributed by atoms with van der Waals surface area (Å²) in [4.78, 5) is 9.69. The van der Waals surface area contributed by atoms with E-state index in [-0.39, 0.29) is 0 Å². The maximum Gasteiger partial charge on any atom is 0.0972 e. The lowest BCUT2D eigenvalue weighted by molar-refractivity contribution is 1.37. The van der Waals surface area contributed by atoms with Crippen molar-refractivity contribution in [3.05, 3.63) is 231 Å². The Balaban J connectivity index is 0.838. The number of hydrogen-bond donors (Lipinski definition) is 0. The smallest absolute Gasteiger partial charge is 0.0972 e. The molecule has 0 N–H and O–H groups in total. The first kappa shape index (κ1) is 36.2. The minimum absolute atomic E-state index is 0.934. The van der Waals surface area contributed by atoms with Gasteiger partial charge in [0.15, 0.2) is 0 Å². The van der Waals surface area contributed by atoms with E-state index in [1.54, 1.807) is 0 Å². The van der Waals surface area contributed by atoms with E-state index in [0.717, 1.165) is 33.1 Å². The molecule has 1 aliphatic carbocycles. The second kappa shape index (κ2) is 14.6. The summed E-state index contributed by atoms with van der Waals surface area (Å²) in [5.74, 6) is 0. The number of rotatable bonds is 6. The molecular weight excluding hydrogens is 773 g/mol. The minimum atomic E-state index is 0.934. The fourth-order valence-electron chi connectivity index (χ4n) is 10.3. The van der Waals surface area contributed by atoms with Crippen LogP contribution in [0.3, 0.4) is 0 Å². The second-order valence-electron chi connectivity index (χ2n) is 16.8. The van der Waals surface area contributed by atoms with Crippen molar-refractivity contribution in [3.63, 3.8) is 0 Å². The lowest BCUT2D eigenvalue weighted by Gasteiger charge is -2.20. The average molecular weight is 811 g/mol. The van der Waals surface area contributed by atoms with E-state index in [1.165, 1.54) is 99.4 Å². The molecule has 0 atom stereocenters. The van der Waals surface area contributed by atoms with Gasteiger partial charge in [0.1, 0.15) is 0 Å². The number of hydrogen-bond acceptors (Lipinski definition) is 2. The van der Waals surface area contributed by atoms with Crippen molar-refractivity contribution in [2.24, 2.45) is 0 Å². The zero-order valence-electron chi connectivity index (χ0n) is 34.8. The monoisotopic (exact) mass is 810 g/mol. The largest absolute Gasteiger partial charge is 0.254 e. The predicted octanol–water partition coefficient (Wildman–Crippen LogP) is 16.7. The molecule has 2 heteroatoms. The first-order valence-electron chi connectivity index (χ1n) is 22.0. The van der Waals surface area contributed by atoms with Crippen LogP contribution in [0.2, 0.25) is 0 Å². The lowest BCUT2D eigenvalue weighted by atomic mass is 9.82. The minimum Gasteiger partial charge on any atom is -0.254 e. The molecule has 0 saturated heterocycles. The summed E-state index contributed by atoms with van der Waals surface area (Å²) in [5.41, 5.74) is 21.4. The third kappa shape index (κ3) is 5.73. The summed E-state index contributed by atoms with van der Waals surface area (Å²) >= 11 is 0. The Morgan fingerprint density at radius 3 is 1.31 bits per heavy atom. The number of fused-ring (bicyclic) bond motifs is 7. The molecule has 0 unspecified atom stereocenters. The Bertz CT molecular complexity index is 3690. The third-order valence-corrected chi connectivity index (χ3v) is 13.3. The maximum absolute atomic E-state index is 5.05. The van der Waals surface area contributed by atoms with Gasteiger partial charge in [-0.2, -0.15) is 0 Å². The van der Waals surface area contributed by atoms with Crippen molar-refractivity contribution in [2.45, 2.75) is 0 Å². The van der Waals surface area contributed by atoms with Crippen molar-refractivity contribution in [3.8, 4) is 89.1 Å². The molecular formula is C62H38N2. The number of nitrogens with zero attached hydrogens (tertiary/aromatic N) is 2. The second-order valence-corrected chi connectivity index (χ2v) is 16.8. The van der Waals surface area contributed by atoms with Gasteiger partial charge < -0.3 is 0 Å². The quantitative estimate of drug-likeness (QED) is 0.156.